The van der Waals surface area contributed by atoms with Gasteiger partial charge in [-0.05, 0) is 48.5 Å². The molecule has 0 saturated heterocycles. The topological polar surface area (TPSA) is 24.9 Å². The van der Waals surface area contributed by atoms with E-state index in [0.29, 0.717) is 0 Å². The van der Waals surface area contributed by atoms with E-state index in [2.05, 4.69) is 52.9 Å². The van der Waals surface area contributed by atoms with Gasteiger partial charge in [-0.15, -0.1) is 11.3 Å². The third-order valence-electron chi connectivity index (χ3n) is 3.54. The van der Waals surface area contributed by atoms with E-state index < -0.39 is 0 Å². The predicted octanol–water partition coefficient (Wildman–Crippen LogP) is 3.94. The van der Waals surface area contributed by atoms with Crippen molar-refractivity contribution in [2.24, 2.45) is 0 Å². The normalized spacial score (nSPS) is 11.1. The second-order valence-electron chi connectivity index (χ2n) is 4.95. The SMILES string of the molecule is Cc1ccsc1CNCCc1cccc2cccnc12. The summed E-state index contributed by atoms with van der Waals surface area (Å²) < 4.78 is 0. The van der Waals surface area contributed by atoms with Crippen LogP contribution in [0.3, 0.4) is 0 Å². The van der Waals surface area contributed by atoms with Crippen LogP contribution in [-0.4, -0.2) is 11.5 Å². The van der Waals surface area contributed by atoms with Crippen molar-refractivity contribution in [3.63, 3.8) is 0 Å². The highest BCUT2D eigenvalue weighted by Gasteiger charge is 2.02. The van der Waals surface area contributed by atoms with Crippen LogP contribution in [0.15, 0.2) is 48.0 Å². The molecule has 3 aromatic rings. The molecule has 0 atom stereocenters. The van der Waals surface area contributed by atoms with E-state index in [1.165, 1.54) is 21.4 Å². The Hall–Kier alpha value is -1.71. The standard InChI is InChI=1S/C17H18N2S/c1-13-8-11-20-16(13)12-18-10-7-15-5-2-4-14-6-3-9-19-17(14)15/h2-6,8-9,11,18H,7,10,12H2,1H3. The summed E-state index contributed by atoms with van der Waals surface area (Å²) in [7, 11) is 0. The van der Waals surface area contributed by atoms with Gasteiger partial charge in [-0.2, -0.15) is 0 Å². The Morgan fingerprint density at radius 1 is 1.15 bits per heavy atom. The van der Waals surface area contributed by atoms with Crippen LogP contribution in [0.1, 0.15) is 16.0 Å². The fraction of sp³-hybridized carbons (Fsp3) is 0.235. The number of hydrogen-bond donors (Lipinski definition) is 1. The first-order chi connectivity index (χ1) is 9.84. The molecule has 0 aliphatic rings. The molecule has 1 aromatic carbocycles. The van der Waals surface area contributed by atoms with Gasteiger partial charge in [0.05, 0.1) is 5.52 Å². The van der Waals surface area contributed by atoms with Gasteiger partial charge in [0.15, 0.2) is 0 Å². The van der Waals surface area contributed by atoms with E-state index in [9.17, 15) is 0 Å². The summed E-state index contributed by atoms with van der Waals surface area (Å²) in [5.41, 5.74) is 3.83. The molecule has 3 heteroatoms. The Balaban J connectivity index is 1.62. The number of pyridine rings is 1. The zero-order valence-corrected chi connectivity index (χ0v) is 12.4. The van der Waals surface area contributed by atoms with Crippen LogP contribution < -0.4 is 5.32 Å². The van der Waals surface area contributed by atoms with Gasteiger partial charge in [-0.3, -0.25) is 4.98 Å². The maximum Gasteiger partial charge on any atom is 0.0734 e. The quantitative estimate of drug-likeness (QED) is 0.717. The molecule has 102 valence electrons. The number of aryl methyl sites for hydroxylation is 1. The number of hydrogen-bond acceptors (Lipinski definition) is 3. The van der Waals surface area contributed by atoms with Gasteiger partial charge in [0.25, 0.3) is 0 Å². The number of para-hydroxylation sites is 1. The lowest BCUT2D eigenvalue weighted by molar-refractivity contribution is 0.693. The van der Waals surface area contributed by atoms with Gasteiger partial charge < -0.3 is 5.32 Å². The third kappa shape index (κ3) is 2.89. The Morgan fingerprint density at radius 3 is 2.90 bits per heavy atom. The number of nitrogens with zero attached hydrogens (tertiary/aromatic N) is 1. The highest BCUT2D eigenvalue weighted by atomic mass is 32.1. The van der Waals surface area contributed by atoms with E-state index in [1.54, 1.807) is 0 Å². The first kappa shape index (κ1) is 13.3. The smallest absolute Gasteiger partial charge is 0.0734 e. The van der Waals surface area contributed by atoms with Crippen molar-refractivity contribution >= 4 is 22.2 Å². The molecule has 1 N–H and O–H groups in total. The number of benzene rings is 1. The molecule has 0 aliphatic heterocycles. The molecule has 0 fully saturated rings. The summed E-state index contributed by atoms with van der Waals surface area (Å²) >= 11 is 1.82. The fourth-order valence-electron chi connectivity index (χ4n) is 2.38. The second kappa shape index (κ2) is 6.16. The van der Waals surface area contributed by atoms with Gasteiger partial charge in [0.1, 0.15) is 0 Å². The van der Waals surface area contributed by atoms with Crippen LogP contribution in [0.25, 0.3) is 10.9 Å². The summed E-state index contributed by atoms with van der Waals surface area (Å²) in [6.07, 6.45) is 2.88. The van der Waals surface area contributed by atoms with Crippen molar-refractivity contribution in [1.82, 2.24) is 10.3 Å². The van der Waals surface area contributed by atoms with Crippen LogP contribution in [0.5, 0.6) is 0 Å². The summed E-state index contributed by atoms with van der Waals surface area (Å²) in [5.74, 6) is 0. The molecule has 0 unspecified atom stereocenters. The summed E-state index contributed by atoms with van der Waals surface area (Å²) in [6.45, 7) is 4.11. The average Bonchev–Trinajstić information content (AvgIpc) is 2.89. The molecule has 2 aromatic heterocycles. The van der Waals surface area contributed by atoms with Crippen molar-refractivity contribution in [3.8, 4) is 0 Å². The predicted molar refractivity (Wildman–Crippen MR) is 86.2 cm³/mol. The molecular weight excluding hydrogens is 264 g/mol. The van der Waals surface area contributed by atoms with Gasteiger partial charge in [-0.1, -0.05) is 24.3 Å². The number of aromatic nitrogens is 1. The lowest BCUT2D eigenvalue weighted by Crippen LogP contribution is -2.16. The summed E-state index contributed by atoms with van der Waals surface area (Å²) in [4.78, 5) is 5.93. The maximum atomic E-state index is 4.50. The van der Waals surface area contributed by atoms with Crippen LogP contribution in [0.4, 0.5) is 0 Å². The first-order valence-electron chi connectivity index (χ1n) is 6.91. The van der Waals surface area contributed by atoms with Gasteiger partial charge >= 0.3 is 0 Å². The first-order valence-corrected chi connectivity index (χ1v) is 7.79. The molecule has 3 rings (SSSR count). The molecule has 2 heterocycles. The molecule has 0 radical (unpaired) electrons. The Morgan fingerprint density at radius 2 is 2.05 bits per heavy atom. The number of nitrogens with one attached hydrogen (secondary N) is 1. The zero-order chi connectivity index (χ0) is 13.8. The van der Waals surface area contributed by atoms with Gasteiger partial charge in [-0.25, -0.2) is 0 Å². The number of thiophene rings is 1. The van der Waals surface area contributed by atoms with Gasteiger partial charge in [0, 0.05) is 23.0 Å². The molecule has 0 spiro atoms. The third-order valence-corrected chi connectivity index (χ3v) is 4.56. The Labute approximate surface area is 123 Å². The summed E-state index contributed by atoms with van der Waals surface area (Å²) in [6, 6.07) is 12.7. The molecule has 0 bridgehead atoms. The van der Waals surface area contributed by atoms with E-state index in [0.717, 1.165) is 25.0 Å². The molecular formula is C17H18N2S. The average molecular weight is 282 g/mol. The molecule has 0 saturated carbocycles. The van der Waals surface area contributed by atoms with Crippen molar-refractivity contribution in [1.29, 1.82) is 0 Å². The molecule has 0 aliphatic carbocycles. The minimum Gasteiger partial charge on any atom is -0.312 e. The van der Waals surface area contributed by atoms with Crippen molar-refractivity contribution in [2.45, 2.75) is 19.9 Å². The van der Waals surface area contributed by atoms with Crippen LogP contribution in [0, 0.1) is 6.92 Å². The lowest BCUT2D eigenvalue weighted by Gasteiger charge is -2.07. The fourth-order valence-corrected chi connectivity index (χ4v) is 3.26. The molecule has 20 heavy (non-hydrogen) atoms. The largest absolute Gasteiger partial charge is 0.312 e. The lowest BCUT2D eigenvalue weighted by atomic mass is 10.1. The van der Waals surface area contributed by atoms with E-state index in [1.807, 2.05) is 23.6 Å². The summed E-state index contributed by atoms with van der Waals surface area (Å²) in [5, 5.41) is 6.90. The Bertz CT molecular complexity index is 698. The van der Waals surface area contributed by atoms with Crippen LogP contribution in [-0.2, 0) is 13.0 Å². The second-order valence-corrected chi connectivity index (χ2v) is 5.95. The highest BCUT2D eigenvalue weighted by Crippen LogP contribution is 2.17. The van der Waals surface area contributed by atoms with E-state index in [4.69, 9.17) is 0 Å². The number of fused-ring (bicyclic) bond motifs is 1. The van der Waals surface area contributed by atoms with Crippen molar-refractivity contribution in [3.05, 3.63) is 64.0 Å². The van der Waals surface area contributed by atoms with E-state index in [-0.39, 0.29) is 0 Å². The number of rotatable bonds is 5. The van der Waals surface area contributed by atoms with Crippen LogP contribution >= 0.6 is 11.3 Å². The molecule has 0 amide bonds. The molecule has 2 nitrogen and oxygen atoms in total. The van der Waals surface area contributed by atoms with Gasteiger partial charge in [0.2, 0.25) is 0 Å². The maximum absolute atomic E-state index is 4.50. The zero-order valence-electron chi connectivity index (χ0n) is 11.6. The van der Waals surface area contributed by atoms with E-state index >= 15 is 0 Å². The highest BCUT2D eigenvalue weighted by molar-refractivity contribution is 7.10. The van der Waals surface area contributed by atoms with Crippen molar-refractivity contribution < 1.29 is 0 Å². The van der Waals surface area contributed by atoms with Crippen molar-refractivity contribution in [2.75, 3.05) is 6.54 Å². The van der Waals surface area contributed by atoms with Crippen LogP contribution in [0.2, 0.25) is 0 Å². The minimum atomic E-state index is 0.960. The Kier molecular flexibility index (Phi) is 4.09. The monoisotopic (exact) mass is 282 g/mol. The minimum absolute atomic E-state index is 0.960.